The van der Waals surface area contributed by atoms with Gasteiger partial charge < -0.3 is 14.6 Å². The summed E-state index contributed by atoms with van der Waals surface area (Å²) in [6.07, 6.45) is 3.89. The number of aromatic nitrogens is 1. The average molecular weight is 456 g/mol. The first-order chi connectivity index (χ1) is 15.5. The topological polar surface area (TPSA) is 80.6 Å². The molecule has 2 heterocycles. The van der Waals surface area contributed by atoms with Crippen LogP contribution >= 0.6 is 0 Å². The summed E-state index contributed by atoms with van der Waals surface area (Å²) in [5.41, 5.74) is 2.15. The van der Waals surface area contributed by atoms with Crippen molar-refractivity contribution in [2.24, 2.45) is 0 Å². The molecule has 2 aromatic carbocycles. The average Bonchev–Trinajstić information content (AvgIpc) is 3.24. The molecule has 0 atom stereocenters. The van der Waals surface area contributed by atoms with Crippen LogP contribution in [0.1, 0.15) is 18.4 Å². The quantitative estimate of drug-likeness (QED) is 0.503. The molecule has 0 aliphatic carbocycles. The second-order valence-corrected chi connectivity index (χ2v) is 9.87. The van der Waals surface area contributed by atoms with E-state index >= 15 is 0 Å². The fraction of sp³-hybridized carbons (Fsp3) is 0.375. The summed E-state index contributed by atoms with van der Waals surface area (Å²) < 4.78 is 34.2. The standard InChI is InChI=1S/C24H29N3O4S/c28-24(25-13-3-14-26-15-12-21-4-1-2-5-23(21)26)11-8-20-6-9-22(10-7-20)32(29,30)27-16-18-31-19-17-27/h1-2,4-7,9-10,12,15H,3,8,11,13-14,16-19H2,(H,25,28). The van der Waals surface area contributed by atoms with Crippen LogP contribution in [0.5, 0.6) is 0 Å². The Bertz CT molecular complexity index is 1150. The van der Waals surface area contributed by atoms with Crippen molar-refractivity contribution < 1.29 is 17.9 Å². The lowest BCUT2D eigenvalue weighted by molar-refractivity contribution is -0.121. The molecule has 1 amide bonds. The summed E-state index contributed by atoms with van der Waals surface area (Å²) in [6, 6.07) is 17.2. The van der Waals surface area contributed by atoms with E-state index in [1.165, 1.54) is 15.2 Å². The molecule has 8 heteroatoms. The third-order valence-corrected chi connectivity index (χ3v) is 7.66. The lowest BCUT2D eigenvalue weighted by Gasteiger charge is -2.26. The number of carbonyl (C=O) groups is 1. The van der Waals surface area contributed by atoms with Gasteiger partial charge in [0.25, 0.3) is 0 Å². The predicted molar refractivity (Wildman–Crippen MR) is 124 cm³/mol. The second kappa shape index (κ2) is 10.3. The number of ether oxygens (including phenoxy) is 1. The summed E-state index contributed by atoms with van der Waals surface area (Å²) in [5.74, 6) is 0.00683. The van der Waals surface area contributed by atoms with Crippen LogP contribution in [-0.2, 0) is 32.5 Å². The number of fused-ring (bicyclic) bond motifs is 1. The number of aryl methyl sites for hydroxylation is 2. The highest BCUT2D eigenvalue weighted by molar-refractivity contribution is 7.89. The van der Waals surface area contributed by atoms with Crippen molar-refractivity contribution in [3.63, 3.8) is 0 Å². The van der Waals surface area contributed by atoms with Crippen LogP contribution in [0.4, 0.5) is 0 Å². The number of hydrogen-bond donors (Lipinski definition) is 1. The number of sulfonamides is 1. The smallest absolute Gasteiger partial charge is 0.243 e. The number of nitrogens with one attached hydrogen (secondary N) is 1. The van der Waals surface area contributed by atoms with Gasteiger partial charge >= 0.3 is 0 Å². The minimum atomic E-state index is -3.49. The molecule has 0 bridgehead atoms. The molecule has 1 saturated heterocycles. The van der Waals surface area contributed by atoms with E-state index in [1.54, 1.807) is 24.3 Å². The van der Waals surface area contributed by atoms with Crippen molar-refractivity contribution in [1.82, 2.24) is 14.2 Å². The Hall–Kier alpha value is -2.68. The van der Waals surface area contributed by atoms with Crippen molar-refractivity contribution in [3.05, 3.63) is 66.4 Å². The van der Waals surface area contributed by atoms with Gasteiger partial charge in [-0.15, -0.1) is 0 Å². The maximum Gasteiger partial charge on any atom is 0.243 e. The Morgan fingerprint density at radius 1 is 1.00 bits per heavy atom. The lowest BCUT2D eigenvalue weighted by atomic mass is 10.1. The minimum Gasteiger partial charge on any atom is -0.379 e. The van der Waals surface area contributed by atoms with Gasteiger partial charge in [0.1, 0.15) is 0 Å². The fourth-order valence-corrected chi connectivity index (χ4v) is 5.33. The molecule has 32 heavy (non-hydrogen) atoms. The molecule has 0 unspecified atom stereocenters. The van der Waals surface area contributed by atoms with Crippen molar-refractivity contribution in [2.45, 2.75) is 30.7 Å². The molecule has 4 rings (SSSR count). The van der Waals surface area contributed by atoms with E-state index in [4.69, 9.17) is 4.74 Å². The van der Waals surface area contributed by atoms with E-state index in [1.807, 2.05) is 12.1 Å². The van der Waals surface area contributed by atoms with Gasteiger partial charge in [-0.25, -0.2) is 8.42 Å². The molecule has 1 aromatic heterocycles. The molecule has 0 saturated carbocycles. The first-order valence-corrected chi connectivity index (χ1v) is 12.5. The molecule has 0 spiro atoms. The summed E-state index contributed by atoms with van der Waals surface area (Å²) in [6.45, 7) is 3.09. The first-order valence-electron chi connectivity index (χ1n) is 11.0. The predicted octanol–water partition coefficient (Wildman–Crippen LogP) is 2.80. The van der Waals surface area contributed by atoms with Gasteiger partial charge in [0.15, 0.2) is 0 Å². The fourth-order valence-electron chi connectivity index (χ4n) is 3.92. The Balaban J connectivity index is 1.20. The SMILES string of the molecule is O=C(CCc1ccc(S(=O)(=O)N2CCOCC2)cc1)NCCCn1ccc2ccccc21. The van der Waals surface area contributed by atoms with Crippen LogP contribution in [0.25, 0.3) is 10.9 Å². The maximum absolute atomic E-state index is 12.7. The highest BCUT2D eigenvalue weighted by Crippen LogP contribution is 2.18. The zero-order valence-electron chi connectivity index (χ0n) is 18.1. The zero-order chi connectivity index (χ0) is 22.4. The number of para-hydroxylation sites is 1. The molecule has 170 valence electrons. The summed E-state index contributed by atoms with van der Waals surface area (Å²) in [7, 11) is -3.49. The molecule has 1 aliphatic heterocycles. The number of nitrogens with zero attached hydrogens (tertiary/aromatic N) is 2. The van der Waals surface area contributed by atoms with Gasteiger partial charge in [-0.05, 0) is 48.1 Å². The molecule has 3 aromatic rings. The summed E-state index contributed by atoms with van der Waals surface area (Å²) in [4.78, 5) is 12.5. The Morgan fingerprint density at radius 3 is 2.53 bits per heavy atom. The monoisotopic (exact) mass is 455 g/mol. The summed E-state index contributed by atoms with van der Waals surface area (Å²) >= 11 is 0. The van der Waals surface area contributed by atoms with Crippen LogP contribution in [0.2, 0.25) is 0 Å². The number of rotatable bonds is 9. The molecule has 1 fully saturated rings. The number of morpholine rings is 1. The van der Waals surface area contributed by atoms with Crippen molar-refractivity contribution in [1.29, 1.82) is 0 Å². The second-order valence-electron chi connectivity index (χ2n) is 7.93. The van der Waals surface area contributed by atoms with Gasteiger partial charge in [0, 0.05) is 44.3 Å². The van der Waals surface area contributed by atoms with Gasteiger partial charge in [0.2, 0.25) is 15.9 Å². The highest BCUT2D eigenvalue weighted by Gasteiger charge is 2.26. The number of carbonyl (C=O) groups excluding carboxylic acids is 1. The van der Waals surface area contributed by atoms with E-state index in [2.05, 4.69) is 34.3 Å². The van der Waals surface area contributed by atoms with E-state index < -0.39 is 10.0 Å². The van der Waals surface area contributed by atoms with Gasteiger partial charge in [-0.2, -0.15) is 4.31 Å². The maximum atomic E-state index is 12.7. The van der Waals surface area contributed by atoms with Crippen molar-refractivity contribution >= 4 is 26.8 Å². The summed E-state index contributed by atoms with van der Waals surface area (Å²) in [5, 5.41) is 4.20. The normalized spacial score (nSPS) is 15.1. The van der Waals surface area contributed by atoms with Gasteiger partial charge in [-0.3, -0.25) is 4.79 Å². The zero-order valence-corrected chi connectivity index (χ0v) is 18.9. The lowest BCUT2D eigenvalue weighted by Crippen LogP contribution is -2.40. The number of benzene rings is 2. The Kier molecular flexibility index (Phi) is 7.24. The van der Waals surface area contributed by atoms with Crippen LogP contribution in [-0.4, -0.2) is 56.0 Å². The molecule has 1 aliphatic rings. The molecule has 7 nitrogen and oxygen atoms in total. The van der Waals surface area contributed by atoms with E-state index in [0.717, 1.165) is 18.5 Å². The number of hydrogen-bond acceptors (Lipinski definition) is 4. The molecular weight excluding hydrogens is 426 g/mol. The minimum absolute atomic E-state index is 0.00683. The van der Waals surface area contributed by atoms with Crippen LogP contribution < -0.4 is 5.32 Å². The molecular formula is C24H29N3O4S. The first kappa shape index (κ1) is 22.5. The Labute approximate surface area is 189 Å². The molecule has 1 N–H and O–H groups in total. The van der Waals surface area contributed by atoms with Gasteiger partial charge in [0.05, 0.1) is 18.1 Å². The Morgan fingerprint density at radius 2 is 1.75 bits per heavy atom. The third kappa shape index (κ3) is 5.38. The van der Waals surface area contributed by atoms with Gasteiger partial charge in [-0.1, -0.05) is 30.3 Å². The van der Waals surface area contributed by atoms with Crippen LogP contribution in [0.15, 0.2) is 65.7 Å². The molecule has 0 radical (unpaired) electrons. The van der Waals surface area contributed by atoms with Crippen LogP contribution in [0.3, 0.4) is 0 Å². The largest absolute Gasteiger partial charge is 0.379 e. The van der Waals surface area contributed by atoms with Crippen molar-refractivity contribution in [3.8, 4) is 0 Å². The third-order valence-electron chi connectivity index (χ3n) is 5.75. The van der Waals surface area contributed by atoms with E-state index in [-0.39, 0.29) is 10.8 Å². The van der Waals surface area contributed by atoms with E-state index in [9.17, 15) is 13.2 Å². The highest BCUT2D eigenvalue weighted by atomic mass is 32.2. The van der Waals surface area contributed by atoms with E-state index in [0.29, 0.717) is 45.7 Å². The van der Waals surface area contributed by atoms with Crippen molar-refractivity contribution in [2.75, 3.05) is 32.8 Å². The number of amides is 1. The van der Waals surface area contributed by atoms with Crippen LogP contribution in [0, 0.1) is 0 Å².